The number of amides is 2. The molecule has 0 unspecified atom stereocenters. The van der Waals surface area contributed by atoms with E-state index in [1.807, 2.05) is 0 Å². The van der Waals surface area contributed by atoms with Crippen LogP contribution in [0.3, 0.4) is 0 Å². The fourth-order valence-corrected chi connectivity index (χ4v) is 2.56. The topological polar surface area (TPSA) is 93.2 Å². The quantitative estimate of drug-likeness (QED) is 0.674. The van der Waals surface area contributed by atoms with Crippen LogP contribution in [-0.2, 0) is 0 Å². The Bertz CT molecular complexity index is 1020. The molecule has 0 saturated carbocycles. The normalized spacial score (nSPS) is 12.1. The summed E-state index contributed by atoms with van der Waals surface area (Å²) in [6.07, 6.45) is 2.95. The van der Waals surface area contributed by atoms with Crippen molar-refractivity contribution in [2.24, 2.45) is 0 Å². The van der Waals surface area contributed by atoms with Gasteiger partial charge in [0.25, 0.3) is 11.8 Å². The summed E-state index contributed by atoms with van der Waals surface area (Å²) in [5, 5.41) is 5.75. The van der Waals surface area contributed by atoms with Crippen LogP contribution in [0.4, 0.5) is 11.4 Å². The minimum Gasteiger partial charge on any atom is -0.436 e. The largest absolute Gasteiger partial charge is 0.436 e. The van der Waals surface area contributed by atoms with Crippen molar-refractivity contribution in [1.82, 2.24) is 9.97 Å². The minimum atomic E-state index is -0.367. The lowest BCUT2D eigenvalue weighted by molar-refractivity contribution is 0.101. The average Bonchev–Trinajstić information content (AvgIpc) is 2.78. The van der Waals surface area contributed by atoms with Gasteiger partial charge in [-0.3, -0.25) is 9.59 Å². The minimum absolute atomic E-state index is 0.287. The Kier molecular flexibility index (Phi) is 3.98. The van der Waals surface area contributed by atoms with Gasteiger partial charge in [-0.2, -0.15) is 0 Å². The van der Waals surface area contributed by atoms with Crippen LogP contribution in [0.1, 0.15) is 20.7 Å². The van der Waals surface area contributed by atoms with Gasteiger partial charge >= 0.3 is 0 Å². The summed E-state index contributed by atoms with van der Waals surface area (Å²) >= 11 is 5.72. The molecule has 128 valence electrons. The molecule has 4 rings (SSSR count). The van der Waals surface area contributed by atoms with Crippen molar-refractivity contribution in [1.29, 1.82) is 0 Å². The van der Waals surface area contributed by atoms with Crippen molar-refractivity contribution in [3.05, 3.63) is 71.1 Å². The highest BCUT2D eigenvalue weighted by Crippen LogP contribution is 2.34. The highest BCUT2D eigenvalue weighted by molar-refractivity contribution is 6.29. The van der Waals surface area contributed by atoms with E-state index in [-0.39, 0.29) is 17.4 Å². The fraction of sp³-hybridized carbons (Fsp3) is 0. The third kappa shape index (κ3) is 3.07. The molecule has 2 amide bonds. The van der Waals surface area contributed by atoms with Crippen molar-refractivity contribution in [2.45, 2.75) is 0 Å². The van der Waals surface area contributed by atoms with Gasteiger partial charge < -0.3 is 15.4 Å². The zero-order chi connectivity index (χ0) is 18.1. The number of aromatic nitrogens is 2. The lowest BCUT2D eigenvalue weighted by atomic mass is 10.1. The number of hydrogen-bond acceptors (Lipinski definition) is 5. The van der Waals surface area contributed by atoms with Gasteiger partial charge in [-0.25, -0.2) is 9.97 Å². The zero-order valence-corrected chi connectivity index (χ0v) is 13.9. The molecule has 7 nitrogen and oxygen atoms in total. The summed E-state index contributed by atoms with van der Waals surface area (Å²) in [5.74, 6) is -0.0558. The van der Waals surface area contributed by atoms with Gasteiger partial charge in [-0.15, -0.1) is 0 Å². The van der Waals surface area contributed by atoms with E-state index < -0.39 is 0 Å². The summed E-state index contributed by atoms with van der Waals surface area (Å²) in [7, 11) is 0. The first kappa shape index (κ1) is 16.0. The van der Waals surface area contributed by atoms with Gasteiger partial charge in [0.2, 0.25) is 5.88 Å². The Morgan fingerprint density at radius 2 is 2.04 bits per heavy atom. The number of rotatable bonds is 2. The van der Waals surface area contributed by atoms with Gasteiger partial charge in [-0.1, -0.05) is 11.6 Å². The first-order chi connectivity index (χ1) is 12.6. The number of ether oxygens (including phenoxy) is 1. The van der Waals surface area contributed by atoms with Crippen LogP contribution in [0.5, 0.6) is 11.6 Å². The van der Waals surface area contributed by atoms with Crippen LogP contribution in [0.25, 0.3) is 0 Å². The summed E-state index contributed by atoms with van der Waals surface area (Å²) in [6.45, 7) is 0. The molecular formula is C18H11ClN4O3. The summed E-state index contributed by atoms with van der Waals surface area (Å²) in [6, 6.07) is 11.3. The van der Waals surface area contributed by atoms with Gasteiger partial charge in [0, 0.05) is 18.1 Å². The Balaban J connectivity index is 1.61. The number of carbonyl (C=O) groups excluding carboxylic acids is 2. The predicted octanol–water partition coefficient (Wildman–Crippen LogP) is 3.74. The first-order valence-corrected chi connectivity index (χ1v) is 7.99. The molecule has 0 bridgehead atoms. The molecule has 0 aliphatic carbocycles. The van der Waals surface area contributed by atoms with Crippen molar-refractivity contribution in [2.75, 3.05) is 10.6 Å². The van der Waals surface area contributed by atoms with Crippen molar-refractivity contribution < 1.29 is 14.3 Å². The van der Waals surface area contributed by atoms with Crippen LogP contribution in [0.15, 0.2) is 54.9 Å². The second-order valence-corrected chi connectivity index (χ2v) is 5.83. The highest BCUT2D eigenvalue weighted by atomic mass is 35.5. The predicted molar refractivity (Wildman–Crippen MR) is 95.9 cm³/mol. The molecule has 0 radical (unpaired) electrons. The Labute approximate surface area is 153 Å². The van der Waals surface area contributed by atoms with Crippen LogP contribution in [0, 0.1) is 0 Å². The van der Waals surface area contributed by atoms with Gasteiger partial charge in [0.1, 0.15) is 16.6 Å². The summed E-state index contributed by atoms with van der Waals surface area (Å²) < 4.78 is 5.70. The third-order valence-corrected chi connectivity index (χ3v) is 3.92. The number of anilines is 2. The number of nitrogens with one attached hydrogen (secondary N) is 2. The zero-order valence-electron chi connectivity index (χ0n) is 13.2. The molecule has 1 aromatic carbocycles. The van der Waals surface area contributed by atoms with E-state index in [0.29, 0.717) is 33.7 Å². The standard InChI is InChI=1S/C18H11ClN4O3/c19-15-6-3-10(9-21-15)16(24)22-11-4-5-14-12(8-11)17(25)23-13-2-1-7-20-18(13)26-14/h1-9H,(H,22,24)(H,23,25). The lowest BCUT2D eigenvalue weighted by Gasteiger charge is -2.09. The average molecular weight is 367 g/mol. The molecule has 0 atom stereocenters. The fourth-order valence-electron chi connectivity index (χ4n) is 2.45. The van der Waals surface area contributed by atoms with Crippen LogP contribution < -0.4 is 15.4 Å². The van der Waals surface area contributed by atoms with E-state index in [0.717, 1.165) is 0 Å². The van der Waals surface area contributed by atoms with Gasteiger partial charge in [0.05, 0.1) is 11.1 Å². The number of nitrogens with zero attached hydrogens (tertiary/aromatic N) is 2. The number of pyridine rings is 2. The number of benzene rings is 1. The third-order valence-electron chi connectivity index (χ3n) is 3.70. The molecular weight excluding hydrogens is 356 g/mol. The Morgan fingerprint density at radius 1 is 1.15 bits per heavy atom. The van der Waals surface area contributed by atoms with E-state index in [1.54, 1.807) is 36.5 Å². The molecule has 3 heterocycles. The number of halogens is 1. The number of fused-ring (bicyclic) bond motifs is 2. The molecule has 1 aliphatic heterocycles. The maximum Gasteiger partial charge on any atom is 0.259 e. The monoisotopic (exact) mass is 366 g/mol. The SMILES string of the molecule is O=C(Nc1ccc2c(c1)C(=O)Nc1cccnc1O2)c1ccc(Cl)nc1. The molecule has 2 N–H and O–H groups in total. The van der Waals surface area contributed by atoms with Crippen molar-refractivity contribution in [3.63, 3.8) is 0 Å². The molecule has 26 heavy (non-hydrogen) atoms. The first-order valence-electron chi connectivity index (χ1n) is 7.61. The van der Waals surface area contributed by atoms with Gasteiger partial charge in [0.15, 0.2) is 0 Å². The van der Waals surface area contributed by atoms with E-state index in [4.69, 9.17) is 16.3 Å². The van der Waals surface area contributed by atoms with E-state index >= 15 is 0 Å². The summed E-state index contributed by atoms with van der Waals surface area (Å²) in [4.78, 5) is 32.7. The molecule has 3 aromatic rings. The molecule has 0 spiro atoms. The van der Waals surface area contributed by atoms with E-state index in [1.165, 1.54) is 18.3 Å². The smallest absolute Gasteiger partial charge is 0.259 e. The summed E-state index contributed by atoms with van der Waals surface area (Å²) in [5.41, 5.74) is 1.56. The molecule has 0 saturated heterocycles. The maximum absolute atomic E-state index is 12.5. The Morgan fingerprint density at radius 3 is 2.85 bits per heavy atom. The second kappa shape index (κ2) is 6.45. The molecule has 1 aliphatic rings. The molecule has 0 fully saturated rings. The van der Waals surface area contributed by atoms with E-state index in [9.17, 15) is 9.59 Å². The van der Waals surface area contributed by atoms with Gasteiger partial charge in [-0.05, 0) is 42.5 Å². The molecule has 2 aromatic heterocycles. The molecule has 8 heteroatoms. The van der Waals surface area contributed by atoms with Crippen LogP contribution >= 0.6 is 11.6 Å². The number of hydrogen-bond donors (Lipinski definition) is 2. The second-order valence-electron chi connectivity index (χ2n) is 5.45. The van der Waals surface area contributed by atoms with E-state index in [2.05, 4.69) is 20.6 Å². The van der Waals surface area contributed by atoms with Crippen molar-refractivity contribution >= 4 is 34.8 Å². The maximum atomic E-state index is 12.5. The number of carbonyl (C=O) groups is 2. The van der Waals surface area contributed by atoms with Crippen molar-refractivity contribution in [3.8, 4) is 11.6 Å². The Hall–Kier alpha value is -3.45. The lowest BCUT2D eigenvalue weighted by Crippen LogP contribution is -2.14. The highest BCUT2D eigenvalue weighted by Gasteiger charge is 2.22. The van der Waals surface area contributed by atoms with Crippen LogP contribution in [0.2, 0.25) is 5.15 Å². The van der Waals surface area contributed by atoms with Crippen LogP contribution in [-0.4, -0.2) is 21.8 Å².